The van der Waals surface area contributed by atoms with E-state index in [0.29, 0.717) is 31.1 Å². The molecule has 0 spiro atoms. The minimum atomic E-state index is -3.74. The van der Waals surface area contributed by atoms with Crippen LogP contribution in [0.1, 0.15) is 37.4 Å². The lowest BCUT2D eigenvalue weighted by Gasteiger charge is -2.36. The van der Waals surface area contributed by atoms with Crippen molar-refractivity contribution < 1.29 is 27.4 Å². The van der Waals surface area contributed by atoms with Crippen molar-refractivity contribution in [1.29, 1.82) is 0 Å². The molecule has 7 nitrogen and oxygen atoms in total. The average Bonchev–Trinajstić information content (AvgIpc) is 3.24. The van der Waals surface area contributed by atoms with Gasteiger partial charge in [0, 0.05) is 6.54 Å². The normalized spacial score (nSPS) is 16.9. The second-order valence-electron chi connectivity index (χ2n) is 6.46. The fourth-order valence-electron chi connectivity index (χ4n) is 3.49. The van der Waals surface area contributed by atoms with Gasteiger partial charge in [0.25, 0.3) is 10.0 Å². The summed E-state index contributed by atoms with van der Waals surface area (Å²) in [5, 5.41) is 1.72. The molecule has 2 aromatic rings. The van der Waals surface area contributed by atoms with Gasteiger partial charge in [0.15, 0.2) is 11.5 Å². The van der Waals surface area contributed by atoms with Crippen molar-refractivity contribution in [3.63, 3.8) is 0 Å². The van der Waals surface area contributed by atoms with E-state index in [1.54, 1.807) is 23.6 Å². The van der Waals surface area contributed by atoms with E-state index in [1.165, 1.54) is 11.4 Å². The lowest BCUT2D eigenvalue weighted by Crippen LogP contribution is -2.40. The predicted molar refractivity (Wildman–Crippen MR) is 110 cm³/mol. The van der Waals surface area contributed by atoms with Gasteiger partial charge in [-0.05, 0) is 55.0 Å². The summed E-state index contributed by atoms with van der Waals surface area (Å²) in [6.07, 6.45) is 0.442. The Kier molecular flexibility index (Phi) is 6.81. The lowest BCUT2D eigenvalue weighted by molar-refractivity contribution is -0.141. The molecule has 1 aromatic heterocycles. The number of carbonyl (C=O) groups is 1. The Morgan fingerprint density at radius 3 is 2.48 bits per heavy atom. The number of ether oxygens (including phenoxy) is 3. The molecule has 0 fully saturated rings. The molecule has 1 aromatic carbocycles. The molecule has 3 rings (SSSR count). The van der Waals surface area contributed by atoms with Crippen LogP contribution in [0.3, 0.4) is 0 Å². The van der Waals surface area contributed by atoms with E-state index in [-0.39, 0.29) is 17.2 Å². The minimum Gasteiger partial charge on any atom is -0.490 e. The maximum atomic E-state index is 13.2. The van der Waals surface area contributed by atoms with Crippen molar-refractivity contribution in [2.75, 3.05) is 26.9 Å². The van der Waals surface area contributed by atoms with Gasteiger partial charge in [0.05, 0.1) is 32.8 Å². The average molecular weight is 440 g/mol. The summed E-state index contributed by atoms with van der Waals surface area (Å²) in [5.74, 6) is 0.693. The third kappa shape index (κ3) is 4.41. The number of fused-ring (bicyclic) bond motifs is 1. The van der Waals surface area contributed by atoms with Crippen LogP contribution in [0.4, 0.5) is 0 Å². The highest BCUT2D eigenvalue weighted by Gasteiger charge is 2.39. The highest BCUT2D eigenvalue weighted by Crippen LogP contribution is 2.42. The topological polar surface area (TPSA) is 82.1 Å². The highest BCUT2D eigenvalue weighted by atomic mass is 32.2. The van der Waals surface area contributed by atoms with Gasteiger partial charge in [-0.1, -0.05) is 6.07 Å². The minimum absolute atomic E-state index is 0.0757. The molecule has 0 radical (unpaired) electrons. The second-order valence-corrected chi connectivity index (χ2v) is 9.52. The van der Waals surface area contributed by atoms with Gasteiger partial charge in [-0.3, -0.25) is 4.79 Å². The fraction of sp³-hybridized carbons (Fsp3) is 0.450. The molecule has 0 saturated heterocycles. The zero-order chi connectivity index (χ0) is 21.0. The van der Waals surface area contributed by atoms with E-state index in [4.69, 9.17) is 14.2 Å². The fourth-order valence-corrected chi connectivity index (χ4v) is 6.21. The van der Waals surface area contributed by atoms with Crippen LogP contribution in [0.2, 0.25) is 0 Å². The standard InChI is InChI=1S/C20H25NO6S2/c1-4-26-17-11-14-8-9-21(29(23,24)20-7-6-10-28-20)16(13-19(22)25-3)15(14)12-18(17)27-5-2/h6-7,10-12,16H,4-5,8-9,13H2,1-3H3/t16-/m0/s1. The van der Waals surface area contributed by atoms with E-state index in [1.807, 2.05) is 19.9 Å². The van der Waals surface area contributed by atoms with Crippen molar-refractivity contribution in [2.45, 2.75) is 36.9 Å². The Morgan fingerprint density at radius 1 is 1.21 bits per heavy atom. The van der Waals surface area contributed by atoms with Crippen LogP contribution in [0.15, 0.2) is 33.9 Å². The molecule has 0 bridgehead atoms. The number of methoxy groups -OCH3 is 1. The zero-order valence-corrected chi connectivity index (χ0v) is 18.3. The SMILES string of the molecule is CCOc1cc2c(cc1OCC)[C@H](CC(=O)OC)N(S(=O)(=O)c1cccs1)CC2. The molecule has 0 aliphatic carbocycles. The van der Waals surface area contributed by atoms with Crippen LogP contribution in [0.25, 0.3) is 0 Å². The number of sulfonamides is 1. The summed E-state index contributed by atoms with van der Waals surface area (Å²) in [7, 11) is -2.44. The molecule has 0 N–H and O–H groups in total. The van der Waals surface area contributed by atoms with Gasteiger partial charge in [0.2, 0.25) is 0 Å². The first kappa shape index (κ1) is 21.6. The van der Waals surface area contributed by atoms with Crippen LogP contribution in [-0.4, -0.2) is 45.6 Å². The van der Waals surface area contributed by atoms with Crippen molar-refractivity contribution in [3.8, 4) is 11.5 Å². The number of benzene rings is 1. The molecule has 158 valence electrons. The second kappa shape index (κ2) is 9.15. The van der Waals surface area contributed by atoms with Crippen molar-refractivity contribution in [3.05, 3.63) is 40.8 Å². The summed E-state index contributed by atoms with van der Waals surface area (Å²) in [6, 6.07) is 6.30. The summed E-state index contributed by atoms with van der Waals surface area (Å²) in [5.41, 5.74) is 1.69. The maximum Gasteiger partial charge on any atom is 0.307 e. The number of rotatable bonds is 8. The van der Waals surface area contributed by atoms with Crippen LogP contribution in [0, 0.1) is 0 Å². The summed E-state index contributed by atoms with van der Waals surface area (Å²) in [6.45, 7) is 4.97. The molecule has 0 amide bonds. The van der Waals surface area contributed by atoms with Crippen LogP contribution >= 0.6 is 11.3 Å². The van der Waals surface area contributed by atoms with E-state index < -0.39 is 22.0 Å². The number of hydrogen-bond acceptors (Lipinski definition) is 7. The molecular formula is C20H25NO6S2. The van der Waals surface area contributed by atoms with Gasteiger partial charge in [-0.25, -0.2) is 8.42 Å². The predicted octanol–water partition coefficient (Wildman–Crippen LogP) is 3.40. The number of carbonyl (C=O) groups excluding carboxylic acids is 1. The molecule has 2 heterocycles. The first-order valence-electron chi connectivity index (χ1n) is 9.46. The largest absolute Gasteiger partial charge is 0.490 e. The Balaban J connectivity index is 2.10. The van der Waals surface area contributed by atoms with Crippen LogP contribution in [-0.2, 0) is 26.0 Å². The van der Waals surface area contributed by atoms with Crippen LogP contribution < -0.4 is 9.47 Å². The van der Waals surface area contributed by atoms with Crippen molar-refractivity contribution >= 4 is 27.3 Å². The van der Waals surface area contributed by atoms with Gasteiger partial charge >= 0.3 is 5.97 Å². The lowest BCUT2D eigenvalue weighted by atomic mass is 9.91. The third-order valence-electron chi connectivity index (χ3n) is 4.76. The quantitative estimate of drug-likeness (QED) is 0.587. The Morgan fingerprint density at radius 2 is 1.90 bits per heavy atom. The van der Waals surface area contributed by atoms with E-state index >= 15 is 0 Å². The first-order valence-corrected chi connectivity index (χ1v) is 11.8. The maximum absolute atomic E-state index is 13.2. The number of esters is 1. The molecule has 1 aliphatic rings. The Hall–Kier alpha value is -2.10. The summed E-state index contributed by atoms with van der Waals surface area (Å²) < 4.78 is 44.4. The van der Waals surface area contributed by atoms with E-state index in [0.717, 1.165) is 22.5 Å². The van der Waals surface area contributed by atoms with Gasteiger partial charge in [-0.2, -0.15) is 4.31 Å². The van der Waals surface area contributed by atoms with E-state index in [2.05, 4.69) is 0 Å². The molecule has 0 unspecified atom stereocenters. The number of hydrogen-bond donors (Lipinski definition) is 0. The van der Waals surface area contributed by atoms with Crippen molar-refractivity contribution in [1.82, 2.24) is 4.31 Å². The van der Waals surface area contributed by atoms with Gasteiger partial charge in [-0.15, -0.1) is 11.3 Å². The van der Waals surface area contributed by atoms with Crippen molar-refractivity contribution in [2.24, 2.45) is 0 Å². The first-order chi connectivity index (χ1) is 13.9. The summed E-state index contributed by atoms with van der Waals surface area (Å²) >= 11 is 1.16. The van der Waals surface area contributed by atoms with E-state index in [9.17, 15) is 13.2 Å². The smallest absolute Gasteiger partial charge is 0.307 e. The molecule has 0 saturated carbocycles. The number of thiophene rings is 1. The molecule has 29 heavy (non-hydrogen) atoms. The molecule has 1 aliphatic heterocycles. The molecule has 1 atom stereocenters. The monoisotopic (exact) mass is 439 g/mol. The third-order valence-corrected chi connectivity index (χ3v) is 8.04. The summed E-state index contributed by atoms with van der Waals surface area (Å²) in [4.78, 5) is 12.1. The van der Waals surface area contributed by atoms with Gasteiger partial charge in [0.1, 0.15) is 4.21 Å². The Bertz CT molecular complexity index is 956. The van der Waals surface area contributed by atoms with Gasteiger partial charge < -0.3 is 14.2 Å². The zero-order valence-electron chi connectivity index (χ0n) is 16.7. The molecular weight excluding hydrogens is 414 g/mol. The highest BCUT2D eigenvalue weighted by molar-refractivity contribution is 7.91. The molecule has 9 heteroatoms. The van der Waals surface area contributed by atoms with Crippen LogP contribution in [0.5, 0.6) is 11.5 Å². The Labute approximate surface area is 175 Å². The number of nitrogens with zero attached hydrogens (tertiary/aromatic N) is 1.